The van der Waals surface area contributed by atoms with Gasteiger partial charge in [-0.05, 0) is 25.7 Å². The number of carbonyl (C=O) groups is 1. The van der Waals surface area contributed by atoms with Crippen molar-refractivity contribution in [2.75, 3.05) is 19.7 Å². The maximum absolute atomic E-state index is 11.7. The monoisotopic (exact) mass is 286 g/mol. The van der Waals surface area contributed by atoms with Crippen LogP contribution in [0.1, 0.15) is 46.5 Å². The Morgan fingerprint density at radius 2 is 1.90 bits per heavy atom. The van der Waals surface area contributed by atoms with E-state index < -0.39 is 6.10 Å². The van der Waals surface area contributed by atoms with Crippen LogP contribution in [0.3, 0.4) is 0 Å². The number of aliphatic hydroxyl groups excluding tert-OH is 1. The standard InChI is InChI=1S/C15H30N2O3/c1-11(2)8-17-15(19)12(3)16-9-13(18)10-20-14-6-4-5-7-14/h11-14,16,18H,4-10H2,1-3H3,(H,17,19). The lowest BCUT2D eigenvalue weighted by Gasteiger charge is -2.19. The third-order valence-corrected chi connectivity index (χ3v) is 3.56. The van der Waals surface area contributed by atoms with Gasteiger partial charge in [0.25, 0.3) is 0 Å². The van der Waals surface area contributed by atoms with E-state index in [0.29, 0.717) is 31.7 Å². The molecule has 0 aromatic carbocycles. The Morgan fingerprint density at radius 1 is 1.25 bits per heavy atom. The highest BCUT2D eigenvalue weighted by molar-refractivity contribution is 5.81. The lowest BCUT2D eigenvalue weighted by molar-refractivity contribution is -0.123. The summed E-state index contributed by atoms with van der Waals surface area (Å²) in [5.41, 5.74) is 0. The lowest BCUT2D eigenvalue weighted by atomic mass is 10.2. The van der Waals surface area contributed by atoms with E-state index >= 15 is 0 Å². The van der Waals surface area contributed by atoms with Crippen LogP contribution < -0.4 is 10.6 Å². The van der Waals surface area contributed by atoms with Crippen molar-refractivity contribution >= 4 is 5.91 Å². The van der Waals surface area contributed by atoms with E-state index in [0.717, 1.165) is 12.8 Å². The molecular formula is C15H30N2O3. The summed E-state index contributed by atoms with van der Waals surface area (Å²) < 4.78 is 5.65. The van der Waals surface area contributed by atoms with Gasteiger partial charge in [0, 0.05) is 13.1 Å². The van der Waals surface area contributed by atoms with Gasteiger partial charge in [-0.3, -0.25) is 4.79 Å². The first-order valence-corrected chi connectivity index (χ1v) is 7.79. The molecule has 0 aromatic rings. The number of carbonyl (C=O) groups excluding carboxylic acids is 1. The molecule has 0 spiro atoms. The van der Waals surface area contributed by atoms with Crippen molar-refractivity contribution in [3.8, 4) is 0 Å². The molecule has 118 valence electrons. The topological polar surface area (TPSA) is 70.6 Å². The number of ether oxygens (including phenoxy) is 1. The molecule has 3 N–H and O–H groups in total. The summed E-state index contributed by atoms with van der Waals surface area (Å²) in [5, 5.41) is 15.7. The predicted molar refractivity (Wildman–Crippen MR) is 79.5 cm³/mol. The fourth-order valence-corrected chi connectivity index (χ4v) is 2.22. The molecule has 5 nitrogen and oxygen atoms in total. The molecule has 1 aliphatic carbocycles. The van der Waals surface area contributed by atoms with Gasteiger partial charge >= 0.3 is 0 Å². The average Bonchev–Trinajstić information content (AvgIpc) is 2.92. The SMILES string of the molecule is CC(C)CNC(=O)C(C)NCC(O)COC1CCCC1. The zero-order chi connectivity index (χ0) is 15.0. The van der Waals surface area contributed by atoms with Crippen molar-refractivity contribution in [2.45, 2.75) is 64.7 Å². The third kappa shape index (κ3) is 7.22. The molecule has 0 heterocycles. The van der Waals surface area contributed by atoms with Crippen molar-refractivity contribution in [3.05, 3.63) is 0 Å². The van der Waals surface area contributed by atoms with Gasteiger partial charge in [-0.25, -0.2) is 0 Å². The minimum absolute atomic E-state index is 0.0254. The van der Waals surface area contributed by atoms with Gasteiger partial charge in [0.2, 0.25) is 5.91 Å². The van der Waals surface area contributed by atoms with E-state index in [9.17, 15) is 9.90 Å². The fourth-order valence-electron chi connectivity index (χ4n) is 2.22. The number of hydrogen-bond donors (Lipinski definition) is 3. The first kappa shape index (κ1) is 17.4. The summed E-state index contributed by atoms with van der Waals surface area (Å²) in [7, 11) is 0. The Balaban J connectivity index is 2.09. The Labute approximate surface area is 122 Å². The number of hydrogen-bond acceptors (Lipinski definition) is 4. The average molecular weight is 286 g/mol. The summed E-state index contributed by atoms with van der Waals surface area (Å²) in [4.78, 5) is 11.7. The van der Waals surface area contributed by atoms with Crippen molar-refractivity contribution in [1.29, 1.82) is 0 Å². The molecule has 2 unspecified atom stereocenters. The third-order valence-electron chi connectivity index (χ3n) is 3.56. The lowest BCUT2D eigenvalue weighted by Crippen LogP contribution is -2.46. The van der Waals surface area contributed by atoms with E-state index in [-0.39, 0.29) is 11.9 Å². The van der Waals surface area contributed by atoms with Crippen LogP contribution in [0.4, 0.5) is 0 Å². The van der Waals surface area contributed by atoms with Crippen molar-refractivity contribution < 1.29 is 14.6 Å². The minimum atomic E-state index is -0.559. The molecule has 1 amide bonds. The van der Waals surface area contributed by atoms with E-state index in [1.54, 1.807) is 6.92 Å². The molecule has 20 heavy (non-hydrogen) atoms. The minimum Gasteiger partial charge on any atom is -0.389 e. The molecule has 0 saturated heterocycles. The first-order valence-electron chi connectivity index (χ1n) is 7.79. The molecule has 1 rings (SSSR count). The molecule has 1 aliphatic rings. The first-order chi connectivity index (χ1) is 9.49. The maximum Gasteiger partial charge on any atom is 0.236 e. The molecule has 0 aromatic heterocycles. The Hall–Kier alpha value is -0.650. The van der Waals surface area contributed by atoms with Crippen LogP contribution in [-0.2, 0) is 9.53 Å². The van der Waals surface area contributed by atoms with Crippen LogP contribution in [-0.4, -0.2) is 49.0 Å². The number of amides is 1. The second-order valence-corrected chi connectivity index (χ2v) is 6.16. The molecule has 5 heteroatoms. The normalized spacial score (nSPS) is 19.2. The quantitative estimate of drug-likeness (QED) is 0.593. The summed E-state index contributed by atoms with van der Waals surface area (Å²) >= 11 is 0. The number of nitrogens with one attached hydrogen (secondary N) is 2. The van der Waals surface area contributed by atoms with E-state index in [1.165, 1.54) is 12.8 Å². The van der Waals surface area contributed by atoms with Gasteiger partial charge in [-0.15, -0.1) is 0 Å². The van der Waals surface area contributed by atoms with Crippen LogP contribution >= 0.6 is 0 Å². The predicted octanol–water partition coefficient (Wildman–Crippen LogP) is 1.06. The number of aliphatic hydroxyl groups is 1. The van der Waals surface area contributed by atoms with Gasteiger partial charge in [-0.1, -0.05) is 26.7 Å². The van der Waals surface area contributed by atoms with Gasteiger partial charge in [0.1, 0.15) is 0 Å². The van der Waals surface area contributed by atoms with Gasteiger partial charge < -0.3 is 20.5 Å². The second kappa shape index (κ2) is 9.32. The number of rotatable bonds is 9. The molecule has 1 fully saturated rings. The maximum atomic E-state index is 11.7. The molecule has 0 aliphatic heterocycles. The molecule has 0 radical (unpaired) electrons. The highest BCUT2D eigenvalue weighted by Gasteiger charge is 2.18. The van der Waals surface area contributed by atoms with E-state index in [4.69, 9.17) is 4.74 Å². The smallest absolute Gasteiger partial charge is 0.236 e. The Morgan fingerprint density at radius 3 is 2.50 bits per heavy atom. The zero-order valence-corrected chi connectivity index (χ0v) is 13.0. The van der Waals surface area contributed by atoms with Crippen LogP contribution in [0.25, 0.3) is 0 Å². The summed E-state index contributed by atoms with van der Waals surface area (Å²) in [5.74, 6) is 0.416. The van der Waals surface area contributed by atoms with E-state index in [1.807, 2.05) is 0 Å². The van der Waals surface area contributed by atoms with Crippen molar-refractivity contribution in [3.63, 3.8) is 0 Å². The van der Waals surface area contributed by atoms with Crippen LogP contribution in [0.5, 0.6) is 0 Å². The zero-order valence-electron chi connectivity index (χ0n) is 13.0. The summed E-state index contributed by atoms with van der Waals surface area (Å²) in [6.07, 6.45) is 4.42. The van der Waals surface area contributed by atoms with Crippen LogP contribution in [0.2, 0.25) is 0 Å². The second-order valence-electron chi connectivity index (χ2n) is 6.16. The molecule has 2 atom stereocenters. The van der Waals surface area contributed by atoms with Crippen LogP contribution in [0.15, 0.2) is 0 Å². The molecule has 1 saturated carbocycles. The van der Waals surface area contributed by atoms with Gasteiger partial charge in [-0.2, -0.15) is 0 Å². The van der Waals surface area contributed by atoms with Gasteiger partial charge in [0.05, 0.1) is 24.9 Å². The summed E-state index contributed by atoms with van der Waals surface area (Å²) in [6.45, 7) is 7.32. The highest BCUT2D eigenvalue weighted by atomic mass is 16.5. The molecular weight excluding hydrogens is 256 g/mol. The van der Waals surface area contributed by atoms with E-state index in [2.05, 4.69) is 24.5 Å². The molecule has 0 bridgehead atoms. The highest BCUT2D eigenvalue weighted by Crippen LogP contribution is 2.20. The fraction of sp³-hybridized carbons (Fsp3) is 0.933. The Bertz CT molecular complexity index is 278. The Kier molecular flexibility index (Phi) is 8.11. The summed E-state index contributed by atoms with van der Waals surface area (Å²) in [6, 6.07) is -0.296. The van der Waals surface area contributed by atoms with Crippen molar-refractivity contribution in [2.24, 2.45) is 5.92 Å². The largest absolute Gasteiger partial charge is 0.389 e. The van der Waals surface area contributed by atoms with Crippen molar-refractivity contribution in [1.82, 2.24) is 10.6 Å². The van der Waals surface area contributed by atoms with Gasteiger partial charge in [0.15, 0.2) is 0 Å². The van der Waals surface area contributed by atoms with Crippen LogP contribution in [0, 0.1) is 5.92 Å².